The fourth-order valence-corrected chi connectivity index (χ4v) is 6.08. The predicted octanol–water partition coefficient (Wildman–Crippen LogP) is 5.26. The van der Waals surface area contributed by atoms with Gasteiger partial charge in [-0.3, -0.25) is 0 Å². The highest BCUT2D eigenvalue weighted by atomic mass is 79.9. The molecule has 34 heavy (non-hydrogen) atoms. The van der Waals surface area contributed by atoms with Gasteiger partial charge >= 0.3 is 0 Å². The van der Waals surface area contributed by atoms with Crippen LogP contribution in [0.2, 0.25) is 0 Å². The van der Waals surface area contributed by atoms with Crippen molar-refractivity contribution in [3.63, 3.8) is 0 Å². The van der Waals surface area contributed by atoms with E-state index in [1.54, 1.807) is 54.9 Å². The summed E-state index contributed by atoms with van der Waals surface area (Å²) in [6, 6.07) is 15.1. The Morgan fingerprint density at radius 2 is 1.88 bits per heavy atom. The first-order chi connectivity index (χ1) is 15.9. The van der Waals surface area contributed by atoms with Crippen LogP contribution in [0, 0.1) is 5.82 Å². The molecule has 0 bridgehead atoms. The molecule has 4 aromatic rings. The summed E-state index contributed by atoms with van der Waals surface area (Å²) < 4.78 is 40.9. The number of nitrogens with two attached hydrogens (primary N) is 1. The molecule has 0 atom stereocenters. The first-order valence-electron chi connectivity index (χ1n) is 10.3. The number of sulfone groups is 1. The maximum absolute atomic E-state index is 14.5. The summed E-state index contributed by atoms with van der Waals surface area (Å²) in [7, 11) is -3.35. The van der Waals surface area contributed by atoms with Gasteiger partial charge in [-0.2, -0.15) is 5.10 Å². The summed E-state index contributed by atoms with van der Waals surface area (Å²) in [6.45, 7) is 3.24. The Hall–Kier alpha value is -2.37. The number of benzene rings is 2. The number of aromatic nitrogens is 2. The second-order valence-electron chi connectivity index (χ2n) is 8.41. The number of aliphatic hydroxyl groups is 1. The van der Waals surface area contributed by atoms with Crippen LogP contribution in [0.1, 0.15) is 25.1 Å². The van der Waals surface area contributed by atoms with Crippen LogP contribution in [-0.2, 0) is 22.0 Å². The highest BCUT2D eigenvalue weighted by Crippen LogP contribution is 2.43. The zero-order chi connectivity index (χ0) is 24.8. The quantitative estimate of drug-likeness (QED) is 0.333. The van der Waals surface area contributed by atoms with Gasteiger partial charge in [0.1, 0.15) is 11.4 Å². The van der Waals surface area contributed by atoms with E-state index in [9.17, 15) is 17.9 Å². The number of hydrogen-bond acceptors (Lipinski definition) is 6. The van der Waals surface area contributed by atoms with Crippen LogP contribution in [0.3, 0.4) is 0 Å². The minimum Gasteiger partial charge on any atom is -0.384 e. The fraction of sp³-hybridized carbons (Fsp3) is 0.208. The molecule has 6 nitrogen and oxygen atoms in total. The van der Waals surface area contributed by atoms with Crippen LogP contribution in [0.5, 0.6) is 0 Å². The molecule has 0 radical (unpaired) electrons. The van der Waals surface area contributed by atoms with Gasteiger partial charge in [-0.1, -0.05) is 18.2 Å². The number of thiophene rings is 1. The van der Waals surface area contributed by atoms with Gasteiger partial charge in [-0.05, 0) is 71.7 Å². The second kappa shape index (κ2) is 9.01. The zero-order valence-electron chi connectivity index (χ0n) is 18.7. The predicted molar refractivity (Wildman–Crippen MR) is 136 cm³/mol. The van der Waals surface area contributed by atoms with E-state index < -0.39 is 21.3 Å². The molecule has 0 unspecified atom stereocenters. The van der Waals surface area contributed by atoms with E-state index >= 15 is 0 Å². The van der Waals surface area contributed by atoms with Crippen molar-refractivity contribution in [1.29, 1.82) is 0 Å². The van der Waals surface area contributed by atoms with Gasteiger partial charge in [0.15, 0.2) is 9.84 Å². The number of halogens is 2. The molecular weight excluding hydrogens is 541 g/mol. The molecule has 3 N–H and O–H groups in total. The maximum atomic E-state index is 14.5. The summed E-state index contributed by atoms with van der Waals surface area (Å²) in [4.78, 5) is 1.86. The Morgan fingerprint density at radius 1 is 1.18 bits per heavy atom. The Balaban J connectivity index is 1.92. The highest BCUT2D eigenvalue weighted by Gasteiger charge is 2.26. The third-order valence-corrected chi connectivity index (χ3v) is 8.53. The third-order valence-electron chi connectivity index (χ3n) is 5.33. The van der Waals surface area contributed by atoms with Crippen LogP contribution in [0.15, 0.2) is 64.0 Å². The first-order valence-corrected chi connectivity index (χ1v) is 13.8. The average Bonchev–Trinajstić information content (AvgIpc) is 3.36. The van der Waals surface area contributed by atoms with E-state index in [0.717, 1.165) is 19.8 Å². The van der Waals surface area contributed by atoms with E-state index in [0.29, 0.717) is 22.6 Å². The van der Waals surface area contributed by atoms with Crippen molar-refractivity contribution < 1.29 is 17.9 Å². The lowest BCUT2D eigenvalue weighted by atomic mass is 10.1. The van der Waals surface area contributed by atoms with Gasteiger partial charge in [0.2, 0.25) is 0 Å². The summed E-state index contributed by atoms with van der Waals surface area (Å²) in [5, 5.41) is 15.2. The van der Waals surface area contributed by atoms with Crippen molar-refractivity contribution in [1.82, 2.24) is 9.78 Å². The molecule has 10 heteroatoms. The van der Waals surface area contributed by atoms with E-state index in [-0.39, 0.29) is 11.4 Å². The lowest BCUT2D eigenvalue weighted by Crippen LogP contribution is -2.17. The maximum Gasteiger partial charge on any atom is 0.175 e. The molecule has 0 saturated heterocycles. The Kier molecular flexibility index (Phi) is 6.56. The number of rotatable bonds is 6. The number of hydrogen-bond donors (Lipinski definition) is 2. The van der Waals surface area contributed by atoms with Crippen LogP contribution in [0.4, 0.5) is 4.39 Å². The largest absolute Gasteiger partial charge is 0.384 e. The van der Waals surface area contributed by atoms with Gasteiger partial charge in [0.05, 0.1) is 26.8 Å². The van der Waals surface area contributed by atoms with Gasteiger partial charge in [-0.15, -0.1) is 11.3 Å². The summed E-state index contributed by atoms with van der Waals surface area (Å²) in [6.07, 6.45) is 1.17. The van der Waals surface area contributed by atoms with Crippen molar-refractivity contribution in [2.45, 2.75) is 30.9 Å². The van der Waals surface area contributed by atoms with Gasteiger partial charge in [0.25, 0.3) is 0 Å². The molecule has 0 aliphatic heterocycles. The molecular formula is C24H23BrFN3O3S2. The minimum atomic E-state index is -3.35. The Labute approximate surface area is 209 Å². The van der Waals surface area contributed by atoms with Gasteiger partial charge < -0.3 is 10.8 Å². The molecule has 0 saturated carbocycles. The van der Waals surface area contributed by atoms with Crippen LogP contribution >= 0.6 is 27.3 Å². The van der Waals surface area contributed by atoms with Gasteiger partial charge in [0, 0.05) is 27.7 Å². The molecule has 178 valence electrons. The zero-order valence-corrected chi connectivity index (χ0v) is 21.9. The minimum absolute atomic E-state index is 0.0195. The van der Waals surface area contributed by atoms with Crippen LogP contribution in [-0.4, -0.2) is 29.6 Å². The van der Waals surface area contributed by atoms with Crippen molar-refractivity contribution >= 4 is 37.1 Å². The summed E-state index contributed by atoms with van der Waals surface area (Å²) in [5.41, 5.74) is 7.21. The average molecular weight is 565 g/mol. The van der Waals surface area contributed by atoms with Crippen LogP contribution in [0.25, 0.3) is 26.7 Å². The fourth-order valence-electron chi connectivity index (χ4n) is 3.54. The molecule has 0 fully saturated rings. The molecule has 0 spiro atoms. The third kappa shape index (κ3) is 4.73. The highest BCUT2D eigenvalue weighted by molar-refractivity contribution is 9.10. The van der Waals surface area contributed by atoms with Crippen molar-refractivity contribution in [2.24, 2.45) is 5.73 Å². The topological polar surface area (TPSA) is 98.2 Å². The standard InChI is InChI=1S/C24H23BrFN3O3S2/c1-24(2,30)22-12-20(29(28-22)19-9-5-8-18(26)16(19)13-27)23-17(25)11-21(33-23)14-6-4-7-15(10-14)34(3,31)32/h4-12,30H,13,27H2,1-3H3. The van der Waals surface area contributed by atoms with Gasteiger partial charge in [-0.25, -0.2) is 17.5 Å². The molecule has 0 aliphatic rings. The number of nitrogens with zero attached hydrogens (tertiary/aromatic N) is 2. The van der Waals surface area contributed by atoms with E-state index in [1.807, 2.05) is 12.1 Å². The van der Waals surface area contributed by atoms with Crippen molar-refractivity contribution in [3.8, 4) is 26.7 Å². The summed E-state index contributed by atoms with van der Waals surface area (Å²) in [5.74, 6) is -0.435. The molecule has 2 heterocycles. The van der Waals surface area contributed by atoms with E-state index in [1.165, 1.54) is 23.7 Å². The van der Waals surface area contributed by atoms with Crippen molar-refractivity contribution in [2.75, 3.05) is 6.26 Å². The molecule has 0 aliphatic carbocycles. The molecule has 0 amide bonds. The molecule has 2 aromatic carbocycles. The van der Waals surface area contributed by atoms with Crippen LogP contribution < -0.4 is 5.73 Å². The lowest BCUT2D eigenvalue weighted by molar-refractivity contribution is 0.0734. The Bertz CT molecular complexity index is 1490. The molecule has 4 rings (SSSR count). The smallest absolute Gasteiger partial charge is 0.175 e. The summed E-state index contributed by atoms with van der Waals surface area (Å²) >= 11 is 5.04. The first kappa shape index (κ1) is 24.7. The second-order valence-corrected chi connectivity index (χ2v) is 12.3. The van der Waals surface area contributed by atoms with E-state index in [4.69, 9.17) is 5.73 Å². The lowest BCUT2D eigenvalue weighted by Gasteiger charge is -2.14. The van der Waals surface area contributed by atoms with E-state index in [2.05, 4.69) is 21.0 Å². The Morgan fingerprint density at radius 3 is 2.53 bits per heavy atom. The SMILES string of the molecule is CC(C)(O)c1cc(-c2sc(-c3cccc(S(C)(=O)=O)c3)cc2Br)n(-c2cccc(F)c2CN)n1. The normalized spacial score (nSPS) is 12.3. The molecule has 2 aromatic heterocycles. The monoisotopic (exact) mass is 563 g/mol. The van der Waals surface area contributed by atoms with Crippen molar-refractivity contribution in [3.05, 3.63) is 76.1 Å².